The minimum atomic E-state index is -0.577. The minimum absolute atomic E-state index is 0.0824. The van der Waals surface area contributed by atoms with Crippen LogP contribution in [0.5, 0.6) is 0 Å². The number of allylic oxidation sites excluding steroid dienone is 2. The monoisotopic (exact) mass is 434 g/mol. The van der Waals surface area contributed by atoms with Gasteiger partial charge < -0.3 is 4.74 Å². The summed E-state index contributed by atoms with van der Waals surface area (Å²) in [5.41, 5.74) is 1.05. The Labute approximate surface area is 169 Å². The quantitative estimate of drug-likeness (QED) is 0.251. The molecule has 0 aliphatic heterocycles. The molecule has 0 heterocycles. The van der Waals surface area contributed by atoms with Crippen LogP contribution in [-0.4, -0.2) is 22.9 Å². The molecule has 0 bridgehead atoms. The lowest BCUT2D eigenvalue weighted by molar-refractivity contribution is -0.136. The Balaban J connectivity index is 1.94. The number of carbonyl (C=O) groups is 3. The molecule has 0 unspecified atom stereocenters. The van der Waals surface area contributed by atoms with Crippen LogP contribution in [0.2, 0.25) is 0 Å². The van der Waals surface area contributed by atoms with Crippen LogP contribution >= 0.6 is 15.9 Å². The molecule has 0 spiro atoms. The number of alkyl halides is 1. The van der Waals surface area contributed by atoms with Crippen molar-refractivity contribution in [3.05, 3.63) is 46.7 Å². The first-order valence-electron chi connectivity index (χ1n) is 9.72. The smallest absolute Gasteiger partial charge is 0.308 e. The maximum atomic E-state index is 12.8. The van der Waals surface area contributed by atoms with Gasteiger partial charge in [0.15, 0.2) is 11.5 Å². The van der Waals surface area contributed by atoms with E-state index >= 15 is 0 Å². The van der Waals surface area contributed by atoms with Crippen molar-refractivity contribution < 1.29 is 19.1 Å². The van der Waals surface area contributed by atoms with Crippen molar-refractivity contribution in [2.75, 3.05) is 5.33 Å². The summed E-state index contributed by atoms with van der Waals surface area (Å²) in [5, 5.41) is 1.07. The van der Waals surface area contributed by atoms with E-state index in [2.05, 4.69) is 15.9 Å². The van der Waals surface area contributed by atoms with E-state index in [1.165, 1.54) is 39.0 Å². The zero-order chi connectivity index (χ0) is 19.6. The first-order chi connectivity index (χ1) is 13.1. The molecule has 1 aliphatic rings. The van der Waals surface area contributed by atoms with Gasteiger partial charge in [-0.15, -0.1) is 0 Å². The van der Waals surface area contributed by atoms with E-state index in [1.807, 2.05) is 0 Å². The number of hydrogen-bond acceptors (Lipinski definition) is 4. The van der Waals surface area contributed by atoms with Gasteiger partial charge in [-0.2, -0.15) is 0 Å². The van der Waals surface area contributed by atoms with Crippen LogP contribution in [0, 0.1) is 0 Å². The van der Waals surface area contributed by atoms with Crippen LogP contribution in [0.3, 0.4) is 0 Å². The molecular weight excluding hydrogens is 408 g/mol. The topological polar surface area (TPSA) is 60.4 Å². The number of benzene rings is 1. The highest BCUT2D eigenvalue weighted by Crippen LogP contribution is 2.30. The molecule has 146 valence electrons. The second-order valence-corrected chi connectivity index (χ2v) is 7.67. The fourth-order valence-corrected chi connectivity index (χ4v) is 3.74. The highest BCUT2D eigenvalue weighted by molar-refractivity contribution is 9.09. The Kier molecular flexibility index (Phi) is 8.92. The summed E-state index contributed by atoms with van der Waals surface area (Å²) in [6, 6.07) is 6.71. The van der Waals surface area contributed by atoms with Crippen LogP contribution in [-0.2, 0) is 9.53 Å². The van der Waals surface area contributed by atoms with Crippen molar-refractivity contribution >= 4 is 33.5 Å². The van der Waals surface area contributed by atoms with Gasteiger partial charge in [0.25, 0.3) is 0 Å². The molecule has 27 heavy (non-hydrogen) atoms. The van der Waals surface area contributed by atoms with Gasteiger partial charge >= 0.3 is 5.97 Å². The first kappa shape index (κ1) is 21.5. The molecule has 0 amide bonds. The van der Waals surface area contributed by atoms with Gasteiger partial charge in [0, 0.05) is 29.0 Å². The summed E-state index contributed by atoms with van der Waals surface area (Å²) >= 11 is 3.44. The van der Waals surface area contributed by atoms with Gasteiger partial charge in [0.1, 0.15) is 0 Å². The van der Waals surface area contributed by atoms with Crippen molar-refractivity contribution in [3.63, 3.8) is 0 Å². The number of ether oxygens (including phenoxy) is 1. The summed E-state index contributed by atoms with van der Waals surface area (Å²) < 4.78 is 5.14. The second kappa shape index (κ2) is 11.2. The van der Waals surface area contributed by atoms with Crippen molar-refractivity contribution in [1.82, 2.24) is 0 Å². The lowest BCUT2D eigenvalue weighted by Crippen LogP contribution is -2.24. The van der Waals surface area contributed by atoms with Gasteiger partial charge in [0.05, 0.1) is 0 Å². The van der Waals surface area contributed by atoms with E-state index in [0.29, 0.717) is 23.1 Å². The first-order valence-corrected chi connectivity index (χ1v) is 10.8. The number of hydrogen-bond donors (Lipinski definition) is 0. The predicted molar refractivity (Wildman–Crippen MR) is 109 cm³/mol. The predicted octanol–water partition coefficient (Wildman–Crippen LogP) is 5.79. The van der Waals surface area contributed by atoms with Gasteiger partial charge in [-0.25, -0.2) is 0 Å². The Morgan fingerprint density at radius 3 is 1.93 bits per heavy atom. The van der Waals surface area contributed by atoms with E-state index < -0.39 is 5.97 Å². The summed E-state index contributed by atoms with van der Waals surface area (Å²) in [6.07, 6.45) is 9.56. The molecule has 0 fully saturated rings. The molecule has 1 aromatic carbocycles. The van der Waals surface area contributed by atoms with E-state index in [9.17, 15) is 14.4 Å². The average Bonchev–Trinajstić information content (AvgIpc) is 2.66. The molecule has 2 rings (SSSR count). The summed E-state index contributed by atoms with van der Waals surface area (Å²) in [4.78, 5) is 36.9. The largest absolute Gasteiger partial charge is 0.422 e. The molecule has 1 aliphatic carbocycles. The van der Waals surface area contributed by atoms with Crippen molar-refractivity contribution in [1.29, 1.82) is 0 Å². The van der Waals surface area contributed by atoms with Gasteiger partial charge in [0.2, 0.25) is 5.78 Å². The molecule has 0 saturated carbocycles. The highest BCUT2D eigenvalue weighted by atomic mass is 79.9. The SMILES string of the molecule is CC(=O)OC1=C(CCCCCCCCCCBr)C(=O)c2ccccc2C1=O. The second-order valence-electron chi connectivity index (χ2n) is 6.87. The third-order valence-electron chi connectivity index (χ3n) is 4.73. The summed E-state index contributed by atoms with van der Waals surface area (Å²) in [5.74, 6) is -1.23. The van der Waals surface area contributed by atoms with Crippen LogP contribution in [0.15, 0.2) is 35.6 Å². The lowest BCUT2D eigenvalue weighted by atomic mass is 9.86. The molecule has 0 radical (unpaired) electrons. The number of fused-ring (bicyclic) bond motifs is 1. The highest BCUT2D eigenvalue weighted by Gasteiger charge is 2.33. The number of rotatable bonds is 11. The number of Topliss-reactive ketones (excluding diaryl/α,β-unsaturated/α-hetero) is 2. The number of ketones is 2. The standard InChI is InChI=1S/C22H27BrO4/c1-16(24)27-22-19(14-8-6-4-2-3-5-7-11-15-23)20(25)17-12-9-10-13-18(17)21(22)26/h9-10,12-13H,2-8,11,14-15H2,1H3. The van der Waals surface area contributed by atoms with E-state index in [4.69, 9.17) is 4.74 Å². The Morgan fingerprint density at radius 2 is 1.37 bits per heavy atom. The fraction of sp³-hybridized carbons (Fsp3) is 0.500. The molecule has 0 aromatic heterocycles. The van der Waals surface area contributed by atoms with E-state index in [-0.39, 0.29) is 17.3 Å². The van der Waals surface area contributed by atoms with Crippen LogP contribution in [0.4, 0.5) is 0 Å². The molecule has 0 N–H and O–H groups in total. The van der Waals surface area contributed by atoms with Crippen LogP contribution in [0.25, 0.3) is 0 Å². The maximum absolute atomic E-state index is 12.8. The molecule has 1 aromatic rings. The Morgan fingerprint density at radius 1 is 0.852 bits per heavy atom. The third-order valence-corrected chi connectivity index (χ3v) is 5.29. The molecule has 0 saturated heterocycles. The number of carbonyl (C=O) groups excluding carboxylic acids is 3. The zero-order valence-electron chi connectivity index (χ0n) is 15.9. The zero-order valence-corrected chi connectivity index (χ0v) is 17.5. The lowest BCUT2D eigenvalue weighted by Gasteiger charge is -2.20. The Hall–Kier alpha value is -1.75. The normalized spacial score (nSPS) is 13.7. The molecule has 0 atom stereocenters. The molecular formula is C22H27BrO4. The molecule has 5 heteroatoms. The maximum Gasteiger partial charge on any atom is 0.308 e. The fourth-order valence-electron chi connectivity index (χ4n) is 3.34. The van der Waals surface area contributed by atoms with Crippen LogP contribution < -0.4 is 0 Å². The molecule has 4 nitrogen and oxygen atoms in total. The van der Waals surface area contributed by atoms with Gasteiger partial charge in [-0.05, 0) is 19.3 Å². The number of esters is 1. The van der Waals surface area contributed by atoms with Crippen LogP contribution in [0.1, 0.15) is 85.4 Å². The van der Waals surface area contributed by atoms with E-state index in [0.717, 1.165) is 24.6 Å². The average molecular weight is 435 g/mol. The summed E-state index contributed by atoms with van der Waals surface area (Å²) in [7, 11) is 0. The van der Waals surface area contributed by atoms with Crippen molar-refractivity contribution in [2.24, 2.45) is 0 Å². The van der Waals surface area contributed by atoms with Gasteiger partial charge in [-0.3, -0.25) is 14.4 Å². The van der Waals surface area contributed by atoms with Gasteiger partial charge in [-0.1, -0.05) is 78.7 Å². The number of halogens is 1. The number of unbranched alkanes of at least 4 members (excludes halogenated alkanes) is 7. The Bertz CT molecular complexity index is 721. The minimum Gasteiger partial charge on any atom is -0.422 e. The third kappa shape index (κ3) is 6.13. The van der Waals surface area contributed by atoms with Crippen molar-refractivity contribution in [3.8, 4) is 0 Å². The summed E-state index contributed by atoms with van der Waals surface area (Å²) in [6.45, 7) is 1.25. The van der Waals surface area contributed by atoms with Crippen molar-refractivity contribution in [2.45, 2.75) is 64.7 Å². The van der Waals surface area contributed by atoms with E-state index in [1.54, 1.807) is 24.3 Å².